The molecule has 28 heavy (non-hydrogen) atoms. The number of anilines is 3. The molecule has 0 bridgehead atoms. The van der Waals surface area contributed by atoms with Crippen LogP contribution in [0.15, 0.2) is 64.9 Å². The summed E-state index contributed by atoms with van der Waals surface area (Å²) >= 11 is 2.92. The fourth-order valence-electron chi connectivity index (χ4n) is 2.46. The molecular weight excluding hydrogens is 392 g/mol. The molecule has 0 saturated carbocycles. The molecule has 0 atom stereocenters. The maximum atomic E-state index is 12.2. The van der Waals surface area contributed by atoms with Gasteiger partial charge in [-0.15, -0.1) is 23.1 Å². The maximum absolute atomic E-state index is 12.2. The van der Waals surface area contributed by atoms with Crippen molar-refractivity contribution in [3.63, 3.8) is 0 Å². The molecule has 0 radical (unpaired) electrons. The highest BCUT2D eigenvalue weighted by Gasteiger charge is 2.10. The van der Waals surface area contributed by atoms with Gasteiger partial charge in [0.2, 0.25) is 5.91 Å². The van der Waals surface area contributed by atoms with Crippen LogP contribution in [0.4, 0.5) is 21.3 Å². The number of nitrogens with zero attached hydrogens (tertiary/aromatic N) is 1. The molecule has 0 spiro atoms. The van der Waals surface area contributed by atoms with Crippen LogP contribution in [-0.4, -0.2) is 23.2 Å². The Hall–Kier alpha value is -2.84. The number of carbonyl (C=O) groups excluding carboxylic acids is 2. The van der Waals surface area contributed by atoms with Gasteiger partial charge in [-0.1, -0.05) is 30.3 Å². The molecule has 3 rings (SSSR count). The molecule has 2 aromatic carbocycles. The van der Waals surface area contributed by atoms with E-state index in [-0.39, 0.29) is 11.9 Å². The van der Waals surface area contributed by atoms with Gasteiger partial charge in [-0.3, -0.25) is 10.1 Å². The van der Waals surface area contributed by atoms with Crippen LogP contribution in [0.5, 0.6) is 0 Å². The van der Waals surface area contributed by atoms with Crippen molar-refractivity contribution in [1.82, 2.24) is 4.98 Å². The van der Waals surface area contributed by atoms with E-state index in [1.165, 1.54) is 11.3 Å². The lowest BCUT2D eigenvalue weighted by molar-refractivity contribution is -0.116. The molecule has 1 heterocycles. The van der Waals surface area contributed by atoms with Crippen LogP contribution >= 0.6 is 23.1 Å². The average Bonchev–Trinajstić information content (AvgIpc) is 3.14. The summed E-state index contributed by atoms with van der Waals surface area (Å²) in [5.74, 6) is -0.0640. The molecular formula is C20H20N4O2S2. The Morgan fingerprint density at radius 2 is 1.75 bits per heavy atom. The van der Waals surface area contributed by atoms with Gasteiger partial charge in [-0.05, 0) is 36.9 Å². The average molecular weight is 413 g/mol. The zero-order valence-corrected chi connectivity index (χ0v) is 16.9. The summed E-state index contributed by atoms with van der Waals surface area (Å²) in [6.45, 7) is 0. The van der Waals surface area contributed by atoms with Gasteiger partial charge in [0.15, 0.2) is 5.13 Å². The predicted octanol–water partition coefficient (Wildman–Crippen LogP) is 5.08. The highest BCUT2D eigenvalue weighted by Crippen LogP contribution is 2.25. The number of urea groups is 1. The van der Waals surface area contributed by atoms with Gasteiger partial charge in [0.05, 0.1) is 11.4 Å². The van der Waals surface area contributed by atoms with Crippen LogP contribution in [0.2, 0.25) is 0 Å². The summed E-state index contributed by atoms with van der Waals surface area (Å²) in [5, 5.41) is 10.7. The van der Waals surface area contributed by atoms with E-state index < -0.39 is 0 Å². The largest absolute Gasteiger partial charge is 0.325 e. The first-order valence-electron chi connectivity index (χ1n) is 8.64. The number of aromatic nitrogens is 1. The molecule has 144 valence electrons. The Morgan fingerprint density at radius 1 is 1.00 bits per heavy atom. The summed E-state index contributed by atoms with van der Waals surface area (Å²) < 4.78 is 0. The number of hydrogen-bond donors (Lipinski definition) is 3. The van der Waals surface area contributed by atoms with E-state index in [9.17, 15) is 9.59 Å². The molecule has 8 heteroatoms. The second-order valence-corrected chi connectivity index (χ2v) is 7.54. The third-order valence-corrected chi connectivity index (χ3v) is 5.40. The Balaban J connectivity index is 1.48. The number of thiazole rings is 1. The Morgan fingerprint density at radius 3 is 2.54 bits per heavy atom. The van der Waals surface area contributed by atoms with Crippen LogP contribution in [0.3, 0.4) is 0 Å². The molecule has 3 amide bonds. The van der Waals surface area contributed by atoms with Crippen LogP contribution in [-0.2, 0) is 11.2 Å². The number of benzene rings is 2. The van der Waals surface area contributed by atoms with Crippen molar-refractivity contribution in [3.05, 3.63) is 65.7 Å². The lowest BCUT2D eigenvalue weighted by Gasteiger charge is -2.08. The van der Waals surface area contributed by atoms with E-state index in [1.807, 2.05) is 54.1 Å². The van der Waals surface area contributed by atoms with Gasteiger partial charge in [-0.25, -0.2) is 9.78 Å². The lowest BCUT2D eigenvalue weighted by Crippen LogP contribution is -2.19. The highest BCUT2D eigenvalue weighted by molar-refractivity contribution is 7.98. The van der Waals surface area contributed by atoms with E-state index in [2.05, 4.69) is 20.9 Å². The number of rotatable bonds is 7. The molecule has 0 aliphatic heterocycles. The summed E-state index contributed by atoms with van der Waals surface area (Å²) in [6.07, 6.45) is 2.80. The van der Waals surface area contributed by atoms with Gasteiger partial charge < -0.3 is 10.6 Å². The topological polar surface area (TPSA) is 83.1 Å². The fourth-order valence-corrected chi connectivity index (χ4v) is 3.76. The molecule has 0 fully saturated rings. The normalized spacial score (nSPS) is 10.3. The molecule has 1 aromatic heterocycles. The van der Waals surface area contributed by atoms with Gasteiger partial charge in [0.1, 0.15) is 0 Å². The van der Waals surface area contributed by atoms with E-state index >= 15 is 0 Å². The number of thioether (sulfide) groups is 1. The molecule has 3 N–H and O–H groups in total. The monoisotopic (exact) mass is 412 g/mol. The van der Waals surface area contributed by atoms with Crippen molar-refractivity contribution >= 4 is 51.5 Å². The van der Waals surface area contributed by atoms with Gasteiger partial charge in [0, 0.05) is 22.4 Å². The first kappa shape index (κ1) is 19.9. The Kier molecular flexibility index (Phi) is 7.05. The van der Waals surface area contributed by atoms with Gasteiger partial charge in [-0.2, -0.15) is 0 Å². The smallest absolute Gasteiger partial charge is 0.325 e. The summed E-state index contributed by atoms with van der Waals surface area (Å²) in [5.41, 5.74) is 2.30. The Bertz CT molecular complexity index is 944. The van der Waals surface area contributed by atoms with Crippen molar-refractivity contribution in [2.75, 3.05) is 22.2 Å². The fraction of sp³-hybridized carbons (Fsp3) is 0.150. The number of para-hydroxylation sites is 2. The minimum atomic E-state index is -0.349. The van der Waals surface area contributed by atoms with Gasteiger partial charge >= 0.3 is 6.03 Å². The minimum absolute atomic E-state index is 0.0640. The summed E-state index contributed by atoms with van der Waals surface area (Å²) in [4.78, 5) is 29.6. The zero-order chi connectivity index (χ0) is 19.8. The number of aryl methyl sites for hydroxylation is 1. The van der Waals surface area contributed by atoms with Crippen molar-refractivity contribution in [2.24, 2.45) is 0 Å². The Labute approximate surface area is 171 Å². The number of carbonyl (C=O) groups is 2. The third kappa shape index (κ3) is 5.83. The third-order valence-electron chi connectivity index (χ3n) is 3.79. The maximum Gasteiger partial charge on any atom is 0.325 e. The molecule has 6 nitrogen and oxygen atoms in total. The second kappa shape index (κ2) is 9.91. The highest BCUT2D eigenvalue weighted by atomic mass is 32.2. The zero-order valence-electron chi connectivity index (χ0n) is 15.3. The number of hydrogen-bond acceptors (Lipinski definition) is 5. The van der Waals surface area contributed by atoms with E-state index in [0.717, 1.165) is 16.3 Å². The lowest BCUT2D eigenvalue weighted by atomic mass is 10.2. The van der Waals surface area contributed by atoms with Crippen LogP contribution in [0.25, 0.3) is 0 Å². The van der Waals surface area contributed by atoms with E-state index in [1.54, 1.807) is 23.9 Å². The van der Waals surface area contributed by atoms with Crippen LogP contribution in [0, 0.1) is 0 Å². The van der Waals surface area contributed by atoms with Crippen molar-refractivity contribution in [1.29, 1.82) is 0 Å². The van der Waals surface area contributed by atoms with Crippen molar-refractivity contribution in [3.8, 4) is 0 Å². The van der Waals surface area contributed by atoms with Crippen LogP contribution < -0.4 is 16.0 Å². The molecule has 0 unspecified atom stereocenters. The summed E-state index contributed by atoms with van der Waals surface area (Å²) in [6, 6.07) is 16.5. The van der Waals surface area contributed by atoms with Crippen LogP contribution in [0.1, 0.15) is 12.1 Å². The van der Waals surface area contributed by atoms with Crippen molar-refractivity contribution in [2.45, 2.75) is 17.7 Å². The molecule has 0 aliphatic rings. The first-order valence-corrected chi connectivity index (χ1v) is 10.7. The molecule has 0 aliphatic carbocycles. The van der Waals surface area contributed by atoms with Gasteiger partial charge in [0.25, 0.3) is 0 Å². The second-order valence-electron chi connectivity index (χ2n) is 5.84. The SMILES string of the molecule is CSc1ccccc1NC(=O)CCc1csc(NC(=O)Nc2ccccc2)n1. The minimum Gasteiger partial charge on any atom is -0.325 e. The van der Waals surface area contributed by atoms with E-state index in [4.69, 9.17) is 0 Å². The predicted molar refractivity (Wildman–Crippen MR) is 116 cm³/mol. The molecule has 3 aromatic rings. The standard InChI is InChI=1S/C20H20N4O2S2/c1-27-17-10-6-5-9-16(17)23-18(25)12-11-15-13-28-20(22-15)24-19(26)21-14-7-3-2-4-8-14/h2-10,13H,11-12H2,1H3,(H,23,25)(H2,21,22,24,26). The number of nitrogens with one attached hydrogen (secondary N) is 3. The molecule has 0 saturated heterocycles. The van der Waals surface area contributed by atoms with Crippen molar-refractivity contribution < 1.29 is 9.59 Å². The quantitative estimate of drug-likeness (QED) is 0.473. The van der Waals surface area contributed by atoms with E-state index in [0.29, 0.717) is 23.7 Å². The summed E-state index contributed by atoms with van der Waals surface area (Å²) in [7, 11) is 0. The number of amides is 3. The first-order chi connectivity index (χ1) is 13.6.